The lowest BCUT2D eigenvalue weighted by atomic mass is 10.1. The number of benzene rings is 1. The fourth-order valence-corrected chi connectivity index (χ4v) is 1.08. The Morgan fingerprint density at radius 3 is 2.47 bits per heavy atom. The van der Waals surface area contributed by atoms with Crippen LogP contribution in [0.15, 0.2) is 6.07 Å². The van der Waals surface area contributed by atoms with Crippen LogP contribution >= 0.6 is 0 Å². The Kier molecular flexibility index (Phi) is 3.08. The van der Waals surface area contributed by atoms with Crippen molar-refractivity contribution in [2.24, 2.45) is 0 Å². The van der Waals surface area contributed by atoms with Crippen molar-refractivity contribution in [3.63, 3.8) is 0 Å². The van der Waals surface area contributed by atoms with E-state index in [1.807, 2.05) is 0 Å². The molecule has 1 rings (SSSR count). The second-order valence-electron chi connectivity index (χ2n) is 2.66. The monoisotopic (exact) mass is 217 g/mol. The average Bonchev–Trinajstić information content (AvgIpc) is 2.24. The van der Waals surface area contributed by atoms with E-state index in [2.05, 4.69) is 9.47 Å². The van der Waals surface area contributed by atoms with Crippen LogP contribution in [-0.2, 0) is 4.74 Å². The van der Waals surface area contributed by atoms with Crippen LogP contribution < -0.4 is 10.5 Å². The van der Waals surface area contributed by atoms with Gasteiger partial charge in [0.15, 0.2) is 11.6 Å². The molecule has 0 aromatic heterocycles. The van der Waals surface area contributed by atoms with Crippen LogP contribution in [0.3, 0.4) is 0 Å². The number of halogens is 2. The molecule has 0 saturated heterocycles. The number of carbonyl (C=O) groups is 1. The SMILES string of the molecule is COC(=O)c1cc(F)c(N)c(F)c1OC. The topological polar surface area (TPSA) is 61.5 Å². The molecule has 82 valence electrons. The number of anilines is 1. The molecular weight excluding hydrogens is 208 g/mol. The molecule has 2 N–H and O–H groups in total. The summed E-state index contributed by atoms with van der Waals surface area (Å²) in [6.45, 7) is 0. The Labute approximate surface area is 84.6 Å². The number of carbonyl (C=O) groups excluding carboxylic acids is 1. The van der Waals surface area contributed by atoms with E-state index in [1.54, 1.807) is 0 Å². The smallest absolute Gasteiger partial charge is 0.341 e. The molecule has 4 nitrogen and oxygen atoms in total. The van der Waals surface area contributed by atoms with Gasteiger partial charge in [-0.25, -0.2) is 13.6 Å². The first-order valence-electron chi connectivity index (χ1n) is 3.92. The molecule has 0 heterocycles. The Hall–Kier alpha value is -1.85. The molecule has 15 heavy (non-hydrogen) atoms. The van der Waals surface area contributed by atoms with E-state index in [0.29, 0.717) is 0 Å². The zero-order valence-electron chi connectivity index (χ0n) is 8.14. The van der Waals surface area contributed by atoms with Gasteiger partial charge in [-0.15, -0.1) is 0 Å². The summed E-state index contributed by atoms with van der Waals surface area (Å²) in [5.74, 6) is -3.47. The van der Waals surface area contributed by atoms with Crippen molar-refractivity contribution in [1.82, 2.24) is 0 Å². The van der Waals surface area contributed by atoms with Gasteiger partial charge in [-0.05, 0) is 6.07 Å². The second-order valence-corrected chi connectivity index (χ2v) is 2.66. The summed E-state index contributed by atoms with van der Waals surface area (Å²) in [7, 11) is 2.23. The highest BCUT2D eigenvalue weighted by atomic mass is 19.1. The molecule has 0 bridgehead atoms. The first-order chi connectivity index (χ1) is 7.02. The fourth-order valence-electron chi connectivity index (χ4n) is 1.08. The van der Waals surface area contributed by atoms with Crippen LogP contribution in [-0.4, -0.2) is 20.2 Å². The van der Waals surface area contributed by atoms with Crippen molar-refractivity contribution in [3.05, 3.63) is 23.3 Å². The standard InChI is InChI=1S/C9H9F2NO3/c1-14-8-4(9(13)15-2)3-5(10)7(12)6(8)11/h3H,12H2,1-2H3. The fraction of sp³-hybridized carbons (Fsp3) is 0.222. The Bertz CT molecular complexity index is 407. The largest absolute Gasteiger partial charge is 0.493 e. The van der Waals surface area contributed by atoms with Crippen molar-refractivity contribution in [2.45, 2.75) is 0 Å². The molecule has 0 aliphatic rings. The summed E-state index contributed by atoms with van der Waals surface area (Å²) in [5.41, 5.74) is 4.05. The highest BCUT2D eigenvalue weighted by Gasteiger charge is 2.22. The molecular formula is C9H9F2NO3. The van der Waals surface area contributed by atoms with E-state index < -0.39 is 29.0 Å². The van der Waals surface area contributed by atoms with Crippen LogP contribution in [0.1, 0.15) is 10.4 Å². The summed E-state index contributed by atoms with van der Waals surface area (Å²) in [4.78, 5) is 11.1. The number of nitrogens with two attached hydrogens (primary N) is 1. The summed E-state index contributed by atoms with van der Waals surface area (Å²) in [5, 5.41) is 0. The predicted octanol–water partition coefficient (Wildman–Crippen LogP) is 1.34. The molecule has 0 spiro atoms. The zero-order valence-corrected chi connectivity index (χ0v) is 8.14. The van der Waals surface area contributed by atoms with Crippen molar-refractivity contribution < 1.29 is 23.0 Å². The minimum Gasteiger partial charge on any atom is -0.493 e. The van der Waals surface area contributed by atoms with Crippen LogP contribution in [0.5, 0.6) is 5.75 Å². The van der Waals surface area contributed by atoms with E-state index in [1.165, 1.54) is 0 Å². The van der Waals surface area contributed by atoms with E-state index in [-0.39, 0.29) is 5.56 Å². The maximum Gasteiger partial charge on any atom is 0.341 e. The summed E-state index contributed by atoms with van der Waals surface area (Å²) < 4.78 is 35.3. The minimum atomic E-state index is -1.11. The van der Waals surface area contributed by atoms with Gasteiger partial charge in [0.2, 0.25) is 0 Å². The first-order valence-corrected chi connectivity index (χ1v) is 3.92. The van der Waals surface area contributed by atoms with Gasteiger partial charge in [-0.2, -0.15) is 0 Å². The van der Waals surface area contributed by atoms with E-state index >= 15 is 0 Å². The first kappa shape index (κ1) is 11.2. The molecule has 0 aliphatic carbocycles. The molecule has 0 unspecified atom stereocenters. The van der Waals surface area contributed by atoms with Gasteiger partial charge in [0.05, 0.1) is 14.2 Å². The number of hydrogen-bond donors (Lipinski definition) is 1. The van der Waals surface area contributed by atoms with Crippen molar-refractivity contribution in [3.8, 4) is 5.75 Å². The van der Waals surface area contributed by atoms with Gasteiger partial charge in [0, 0.05) is 0 Å². The summed E-state index contributed by atoms with van der Waals surface area (Å²) in [6.07, 6.45) is 0. The van der Waals surface area contributed by atoms with Gasteiger partial charge in [-0.3, -0.25) is 0 Å². The normalized spacial score (nSPS) is 9.87. The zero-order chi connectivity index (χ0) is 11.6. The van der Waals surface area contributed by atoms with Crippen LogP contribution in [0.2, 0.25) is 0 Å². The summed E-state index contributed by atoms with van der Waals surface area (Å²) >= 11 is 0. The van der Waals surface area contributed by atoms with E-state index in [9.17, 15) is 13.6 Å². The predicted molar refractivity (Wildman–Crippen MR) is 48.7 cm³/mol. The van der Waals surface area contributed by atoms with Crippen molar-refractivity contribution in [2.75, 3.05) is 20.0 Å². The molecule has 0 atom stereocenters. The van der Waals surface area contributed by atoms with E-state index in [4.69, 9.17) is 5.73 Å². The molecule has 1 aromatic carbocycles. The van der Waals surface area contributed by atoms with Gasteiger partial charge in [-0.1, -0.05) is 0 Å². The number of rotatable bonds is 2. The molecule has 0 fully saturated rings. The number of methoxy groups -OCH3 is 2. The van der Waals surface area contributed by atoms with Crippen LogP contribution in [0, 0.1) is 11.6 Å². The van der Waals surface area contributed by atoms with Crippen molar-refractivity contribution >= 4 is 11.7 Å². The minimum absolute atomic E-state index is 0.343. The highest BCUT2D eigenvalue weighted by molar-refractivity contribution is 5.93. The van der Waals surface area contributed by atoms with Crippen LogP contribution in [0.25, 0.3) is 0 Å². The number of ether oxygens (including phenoxy) is 2. The molecule has 0 saturated carbocycles. The van der Waals surface area contributed by atoms with E-state index in [0.717, 1.165) is 20.3 Å². The molecule has 0 radical (unpaired) electrons. The Balaban J connectivity index is 3.45. The lowest BCUT2D eigenvalue weighted by molar-refractivity contribution is 0.0595. The number of nitrogen functional groups attached to an aromatic ring is 1. The molecule has 0 amide bonds. The number of hydrogen-bond acceptors (Lipinski definition) is 4. The lowest BCUT2D eigenvalue weighted by Crippen LogP contribution is -2.09. The number of esters is 1. The Morgan fingerprint density at radius 1 is 1.40 bits per heavy atom. The maximum absolute atomic E-state index is 13.3. The van der Waals surface area contributed by atoms with Crippen LogP contribution in [0.4, 0.5) is 14.5 Å². The second kappa shape index (κ2) is 4.12. The third-order valence-electron chi connectivity index (χ3n) is 1.82. The molecule has 0 aliphatic heterocycles. The van der Waals surface area contributed by atoms with Gasteiger partial charge < -0.3 is 15.2 Å². The van der Waals surface area contributed by atoms with Gasteiger partial charge >= 0.3 is 5.97 Å². The molecule has 6 heteroatoms. The quantitative estimate of drug-likeness (QED) is 0.599. The molecule has 1 aromatic rings. The lowest BCUT2D eigenvalue weighted by Gasteiger charge is -2.09. The highest BCUT2D eigenvalue weighted by Crippen LogP contribution is 2.29. The average molecular weight is 217 g/mol. The summed E-state index contributed by atoms with van der Waals surface area (Å²) in [6, 6.07) is 0.767. The van der Waals surface area contributed by atoms with Gasteiger partial charge in [0.25, 0.3) is 0 Å². The third kappa shape index (κ3) is 1.83. The third-order valence-corrected chi connectivity index (χ3v) is 1.82. The Morgan fingerprint density at radius 2 is 2.00 bits per heavy atom. The van der Waals surface area contributed by atoms with Gasteiger partial charge in [0.1, 0.15) is 17.1 Å². The van der Waals surface area contributed by atoms with Crippen molar-refractivity contribution in [1.29, 1.82) is 0 Å². The maximum atomic E-state index is 13.3.